The van der Waals surface area contributed by atoms with E-state index in [4.69, 9.17) is 9.47 Å². The molecule has 2 aliphatic carbocycles. The van der Waals surface area contributed by atoms with Crippen molar-refractivity contribution in [3.63, 3.8) is 0 Å². The van der Waals surface area contributed by atoms with E-state index in [1.807, 2.05) is 0 Å². The molecule has 2 amide bonds. The van der Waals surface area contributed by atoms with Gasteiger partial charge in [-0.3, -0.25) is 19.4 Å². The van der Waals surface area contributed by atoms with Gasteiger partial charge in [0.05, 0.1) is 6.61 Å². The highest BCUT2D eigenvalue weighted by Crippen LogP contribution is 2.60. The Bertz CT molecular complexity index is 1390. The minimum atomic E-state index is -2.69. The van der Waals surface area contributed by atoms with Crippen LogP contribution in [0.3, 0.4) is 0 Å². The van der Waals surface area contributed by atoms with Crippen molar-refractivity contribution in [2.45, 2.75) is 280 Å². The Kier molecular flexibility index (Phi) is 14.1. The summed E-state index contributed by atoms with van der Waals surface area (Å²) in [7, 11) is 0. The number of carbonyl (C=O) groups excluding carboxylic acids is 2. The summed E-state index contributed by atoms with van der Waals surface area (Å²) in [6, 6.07) is 0. The van der Waals surface area contributed by atoms with Crippen molar-refractivity contribution in [1.82, 2.24) is 20.4 Å². The van der Waals surface area contributed by atoms with E-state index in [2.05, 4.69) is 79.9 Å². The summed E-state index contributed by atoms with van der Waals surface area (Å²) in [6.45, 7) is 20.2. The van der Waals surface area contributed by atoms with Crippen LogP contribution in [0.15, 0.2) is 0 Å². The van der Waals surface area contributed by atoms with E-state index in [9.17, 15) is 15.3 Å². The lowest BCUT2D eigenvalue weighted by Crippen LogP contribution is -2.78. The number of amides is 2. The largest absolute Gasteiger partial charge is 0.393 e. The molecule has 0 radical (unpaired) electrons. The molecule has 0 aromatic heterocycles. The van der Waals surface area contributed by atoms with Gasteiger partial charge in [0.15, 0.2) is 11.2 Å². The minimum Gasteiger partial charge on any atom is -0.393 e. The van der Waals surface area contributed by atoms with Crippen LogP contribution in [0.4, 0.5) is 0 Å². The Balaban J connectivity index is 1.63. The Labute approximate surface area is 364 Å². The molecule has 5 atom stereocenters. The summed E-state index contributed by atoms with van der Waals surface area (Å²) in [6.07, 6.45) is 18.7. The lowest BCUT2D eigenvalue weighted by molar-refractivity contribution is -0.336. The van der Waals surface area contributed by atoms with Crippen LogP contribution in [-0.2, 0) is 19.1 Å². The van der Waals surface area contributed by atoms with E-state index in [1.54, 1.807) is 0 Å². The van der Waals surface area contributed by atoms with Crippen LogP contribution in [0.2, 0.25) is 0 Å². The number of hydrogen-bond acceptors (Lipinski definition) is 9. The van der Waals surface area contributed by atoms with Gasteiger partial charge in [-0.05, 0) is 107 Å². The van der Waals surface area contributed by atoms with Crippen LogP contribution < -0.4 is 10.6 Å². The van der Waals surface area contributed by atoms with Gasteiger partial charge in [-0.1, -0.05) is 104 Å². The first-order valence-corrected chi connectivity index (χ1v) is 24.7. The van der Waals surface area contributed by atoms with Crippen molar-refractivity contribution in [1.29, 1.82) is 0 Å². The summed E-state index contributed by atoms with van der Waals surface area (Å²) >= 11 is 0. The number of aliphatic hydroxyl groups is 3. The number of aliphatic hydroxyl groups excluding tert-OH is 2. The molecule has 4 aliphatic heterocycles. The maximum Gasteiger partial charge on any atom is 0.261 e. The van der Waals surface area contributed by atoms with Crippen molar-refractivity contribution in [2.24, 2.45) is 11.8 Å². The van der Waals surface area contributed by atoms with Gasteiger partial charge in [-0.2, -0.15) is 0 Å². The highest BCUT2D eigenvalue weighted by atomic mass is 16.6. The standard InChI is InChI=1S/C49H88N4O7/c1-36-43(7,8)50-41(3,4)34-47(36)39(56)52(45(59-47)29-25-21-17-13-11-14-18-22-26-30-45)49(58,38(55)33-54)53-40(57)48(35-42(5,6)51-44(9,10)37(48)2)60-46(53)31-27-23-19-15-12-16-20-24-28-32-46/h36-38,50-51,54-55,58H,11-35H2,1-10H3. The fraction of sp³-hybridized carbons (Fsp3) is 0.959. The van der Waals surface area contributed by atoms with Crippen molar-refractivity contribution >= 4 is 11.8 Å². The zero-order valence-electron chi connectivity index (χ0n) is 39.8. The minimum absolute atomic E-state index is 0.345. The molecule has 6 aliphatic rings. The first-order chi connectivity index (χ1) is 28.0. The number of carbonyl (C=O) groups is 2. The second-order valence-electron chi connectivity index (χ2n) is 23.2. The van der Waals surface area contributed by atoms with Gasteiger partial charge in [-0.15, -0.1) is 0 Å². The van der Waals surface area contributed by atoms with E-state index in [-0.39, 0.29) is 11.8 Å². The molecule has 0 aromatic carbocycles. The average Bonchev–Trinajstić information content (AvgIpc) is 3.52. The summed E-state index contributed by atoms with van der Waals surface area (Å²) in [5.74, 6) is -4.20. The third-order valence-electron chi connectivity index (χ3n) is 16.5. The van der Waals surface area contributed by atoms with Gasteiger partial charge < -0.3 is 35.4 Å². The first-order valence-electron chi connectivity index (χ1n) is 24.7. The van der Waals surface area contributed by atoms with E-state index in [0.29, 0.717) is 38.5 Å². The van der Waals surface area contributed by atoms with E-state index >= 15 is 9.59 Å². The number of nitrogens with zero attached hydrogens (tertiary/aromatic N) is 2. The lowest BCUT2D eigenvalue weighted by atomic mass is 9.65. The molecule has 0 bridgehead atoms. The smallest absolute Gasteiger partial charge is 0.261 e. The molecule has 6 rings (SSSR count). The second-order valence-corrected chi connectivity index (χ2v) is 23.2. The fourth-order valence-corrected chi connectivity index (χ4v) is 13.6. The molecule has 4 saturated heterocycles. The van der Waals surface area contributed by atoms with Crippen LogP contribution in [0.25, 0.3) is 0 Å². The summed E-state index contributed by atoms with van der Waals surface area (Å²) < 4.78 is 15.3. The molecular formula is C49H88N4O7. The molecule has 346 valence electrons. The van der Waals surface area contributed by atoms with Crippen LogP contribution >= 0.6 is 0 Å². The molecule has 2 saturated carbocycles. The van der Waals surface area contributed by atoms with E-state index in [0.717, 1.165) is 103 Å². The van der Waals surface area contributed by atoms with Crippen molar-refractivity contribution in [3.05, 3.63) is 0 Å². The highest BCUT2D eigenvalue weighted by Gasteiger charge is 2.78. The summed E-state index contributed by atoms with van der Waals surface area (Å²) in [5.41, 5.74) is -7.61. The Hall–Kier alpha value is -1.34. The first kappa shape index (κ1) is 48.1. The number of piperidine rings is 2. The van der Waals surface area contributed by atoms with Crippen molar-refractivity contribution < 1.29 is 34.4 Å². The monoisotopic (exact) mass is 845 g/mol. The predicted molar refractivity (Wildman–Crippen MR) is 237 cm³/mol. The van der Waals surface area contributed by atoms with Crippen LogP contribution in [0.1, 0.15) is 223 Å². The third kappa shape index (κ3) is 8.62. The second kappa shape index (κ2) is 17.6. The maximum absolute atomic E-state index is 16.4. The van der Waals surface area contributed by atoms with Crippen LogP contribution in [-0.4, -0.2) is 100 Å². The number of nitrogens with one attached hydrogen (secondary N) is 2. The molecule has 6 fully saturated rings. The van der Waals surface area contributed by atoms with E-state index < -0.39 is 75.2 Å². The third-order valence-corrected chi connectivity index (χ3v) is 16.5. The average molecular weight is 845 g/mol. The van der Waals surface area contributed by atoms with Gasteiger partial charge in [-0.25, -0.2) is 0 Å². The normalized spacial score (nSPS) is 36.6. The van der Waals surface area contributed by atoms with Crippen molar-refractivity contribution in [3.8, 4) is 0 Å². The number of rotatable bonds is 4. The van der Waals surface area contributed by atoms with Gasteiger partial charge >= 0.3 is 0 Å². The van der Waals surface area contributed by atoms with Crippen LogP contribution in [0.5, 0.6) is 0 Å². The quantitative estimate of drug-likeness (QED) is 0.188. The molecule has 4 spiro atoms. The SMILES string of the molecule is CC1C(C)(C)NC(C)(C)CC12OC1(CCCCCCCCCCC1)N(C(O)(C(O)CO)N1C(=O)C3(CC(C)(C)NC(C)(C)C3C)OC13CCCCCCCCCCC3)C2=O. The Morgan fingerprint density at radius 1 is 0.567 bits per heavy atom. The maximum atomic E-state index is 16.4. The van der Waals surface area contributed by atoms with Crippen molar-refractivity contribution in [2.75, 3.05) is 6.61 Å². The number of hydrogen-bond donors (Lipinski definition) is 5. The molecule has 5 unspecified atom stereocenters. The summed E-state index contributed by atoms with van der Waals surface area (Å²) in [5, 5.41) is 45.9. The zero-order chi connectivity index (χ0) is 44.0. The fourth-order valence-electron chi connectivity index (χ4n) is 13.6. The Morgan fingerprint density at radius 3 is 1.10 bits per heavy atom. The summed E-state index contributed by atoms with van der Waals surface area (Å²) in [4.78, 5) is 35.7. The van der Waals surface area contributed by atoms with Crippen LogP contribution in [0, 0.1) is 11.8 Å². The molecule has 11 heteroatoms. The molecular weight excluding hydrogens is 757 g/mol. The number of ether oxygens (including phenoxy) is 2. The highest BCUT2D eigenvalue weighted by molar-refractivity contribution is 5.93. The molecule has 4 heterocycles. The van der Waals surface area contributed by atoms with Gasteiger partial charge in [0.1, 0.15) is 17.6 Å². The topological polar surface area (TPSA) is 144 Å². The lowest BCUT2D eigenvalue weighted by Gasteiger charge is -2.55. The van der Waals surface area contributed by atoms with E-state index in [1.165, 1.54) is 22.6 Å². The van der Waals surface area contributed by atoms with Gasteiger partial charge in [0.2, 0.25) is 0 Å². The zero-order valence-corrected chi connectivity index (χ0v) is 39.8. The Morgan fingerprint density at radius 2 is 0.833 bits per heavy atom. The van der Waals surface area contributed by atoms with Gasteiger partial charge in [0.25, 0.3) is 17.7 Å². The molecule has 11 nitrogen and oxygen atoms in total. The van der Waals surface area contributed by atoms with Gasteiger partial charge in [0, 0.05) is 46.8 Å². The molecule has 5 N–H and O–H groups in total. The molecule has 0 aromatic rings. The predicted octanol–water partition coefficient (Wildman–Crippen LogP) is 8.56. The molecule has 60 heavy (non-hydrogen) atoms.